The first-order valence-corrected chi connectivity index (χ1v) is 7.02. The van der Waals surface area contributed by atoms with Crippen LogP contribution in [0, 0.1) is 11.3 Å². The highest BCUT2D eigenvalue weighted by molar-refractivity contribution is 5.58. The van der Waals surface area contributed by atoms with E-state index in [2.05, 4.69) is 16.0 Å². The van der Waals surface area contributed by atoms with Crippen molar-refractivity contribution in [2.45, 2.75) is 26.5 Å². The number of hydrogen-bond donors (Lipinski definition) is 1. The van der Waals surface area contributed by atoms with E-state index in [0.717, 1.165) is 23.5 Å². The minimum absolute atomic E-state index is 0.578. The summed E-state index contributed by atoms with van der Waals surface area (Å²) in [5.41, 5.74) is 3.26. The van der Waals surface area contributed by atoms with E-state index in [-0.39, 0.29) is 0 Å². The van der Waals surface area contributed by atoms with Crippen molar-refractivity contribution in [1.29, 1.82) is 5.26 Å². The summed E-state index contributed by atoms with van der Waals surface area (Å²) in [6, 6.07) is 13.3. The molecule has 1 unspecified atom stereocenters. The molecule has 0 aliphatic heterocycles. The largest absolute Gasteiger partial charge is 0.389 e. The topological polar surface area (TPSA) is 60.2 Å². The molecule has 1 aromatic heterocycles. The van der Waals surface area contributed by atoms with Gasteiger partial charge in [-0.25, -0.2) is 0 Å². The van der Waals surface area contributed by atoms with E-state index in [0.29, 0.717) is 12.1 Å². The number of nitriles is 1. The van der Waals surface area contributed by atoms with E-state index in [1.807, 2.05) is 37.3 Å². The van der Waals surface area contributed by atoms with E-state index in [9.17, 15) is 5.11 Å². The average molecular weight is 281 g/mol. The van der Waals surface area contributed by atoms with E-state index in [4.69, 9.17) is 5.26 Å². The molecular formula is C17H19N3O. The van der Waals surface area contributed by atoms with Crippen molar-refractivity contribution < 1.29 is 5.11 Å². The van der Waals surface area contributed by atoms with Crippen LogP contribution in [0.2, 0.25) is 0 Å². The smallest absolute Gasteiger partial charge is 0.0992 e. The Kier molecular flexibility index (Phi) is 4.91. The maximum Gasteiger partial charge on any atom is 0.0992 e. The Morgan fingerprint density at radius 3 is 2.71 bits per heavy atom. The predicted molar refractivity (Wildman–Crippen MR) is 82.8 cm³/mol. The minimum atomic E-state index is -0.578. The fraction of sp³-hybridized carbons (Fsp3) is 0.294. The molecule has 2 aromatic rings. The van der Waals surface area contributed by atoms with Crippen LogP contribution in [-0.2, 0) is 6.54 Å². The van der Waals surface area contributed by atoms with Gasteiger partial charge in [-0.3, -0.25) is 4.98 Å². The second kappa shape index (κ2) is 6.87. The molecule has 1 atom stereocenters. The molecule has 0 radical (unpaired) electrons. The summed E-state index contributed by atoms with van der Waals surface area (Å²) in [4.78, 5) is 6.46. The van der Waals surface area contributed by atoms with E-state index < -0.39 is 6.10 Å². The van der Waals surface area contributed by atoms with Crippen LogP contribution in [-0.4, -0.2) is 16.6 Å². The number of benzene rings is 1. The van der Waals surface area contributed by atoms with Gasteiger partial charge in [0.05, 0.1) is 30.0 Å². The molecule has 0 aliphatic rings. The molecule has 108 valence electrons. The molecule has 21 heavy (non-hydrogen) atoms. The Balaban J connectivity index is 2.39. The fourth-order valence-corrected chi connectivity index (χ4v) is 2.29. The number of pyridine rings is 1. The van der Waals surface area contributed by atoms with Gasteiger partial charge in [-0.1, -0.05) is 12.1 Å². The first-order valence-electron chi connectivity index (χ1n) is 7.02. The fourth-order valence-electron chi connectivity index (χ4n) is 2.29. The van der Waals surface area contributed by atoms with Crippen LogP contribution in [0.3, 0.4) is 0 Å². The quantitative estimate of drug-likeness (QED) is 0.915. The second-order valence-corrected chi connectivity index (χ2v) is 4.90. The number of nitrogens with zero attached hydrogens (tertiary/aromatic N) is 3. The van der Waals surface area contributed by atoms with Crippen molar-refractivity contribution >= 4 is 5.69 Å². The van der Waals surface area contributed by atoms with Crippen LogP contribution in [0.15, 0.2) is 42.6 Å². The van der Waals surface area contributed by atoms with Crippen LogP contribution in [0.25, 0.3) is 0 Å². The summed E-state index contributed by atoms with van der Waals surface area (Å²) in [6.45, 7) is 5.20. The van der Waals surface area contributed by atoms with Crippen molar-refractivity contribution in [2.24, 2.45) is 0 Å². The highest BCUT2D eigenvalue weighted by atomic mass is 16.3. The highest BCUT2D eigenvalue weighted by Gasteiger charge is 2.15. The molecule has 2 rings (SSSR count). The maximum atomic E-state index is 9.95. The third-order valence-corrected chi connectivity index (χ3v) is 3.41. The lowest BCUT2D eigenvalue weighted by Gasteiger charge is -2.26. The first kappa shape index (κ1) is 15.0. The lowest BCUT2D eigenvalue weighted by Crippen LogP contribution is -2.24. The third kappa shape index (κ3) is 3.59. The zero-order valence-electron chi connectivity index (χ0n) is 12.3. The van der Waals surface area contributed by atoms with Crippen LogP contribution in [0.5, 0.6) is 0 Å². The Morgan fingerprint density at radius 1 is 1.33 bits per heavy atom. The Hall–Kier alpha value is -2.38. The first-order chi connectivity index (χ1) is 10.2. The van der Waals surface area contributed by atoms with E-state index in [1.54, 1.807) is 19.2 Å². The Morgan fingerprint density at radius 2 is 2.14 bits per heavy atom. The predicted octanol–water partition coefficient (Wildman–Crippen LogP) is 3.03. The zero-order valence-corrected chi connectivity index (χ0v) is 12.3. The molecule has 0 fully saturated rings. The van der Waals surface area contributed by atoms with Crippen LogP contribution in [0.4, 0.5) is 5.69 Å². The molecule has 4 nitrogen and oxygen atoms in total. The maximum absolute atomic E-state index is 9.95. The summed E-state index contributed by atoms with van der Waals surface area (Å²) in [5.74, 6) is 0. The molecule has 0 amide bonds. The minimum Gasteiger partial charge on any atom is -0.389 e. The average Bonchev–Trinajstić information content (AvgIpc) is 2.52. The normalized spacial score (nSPS) is 11.7. The van der Waals surface area contributed by atoms with Gasteiger partial charge in [-0.2, -0.15) is 5.26 Å². The van der Waals surface area contributed by atoms with Gasteiger partial charge in [0.2, 0.25) is 0 Å². The molecule has 0 spiro atoms. The van der Waals surface area contributed by atoms with Crippen molar-refractivity contribution in [1.82, 2.24) is 4.98 Å². The summed E-state index contributed by atoms with van der Waals surface area (Å²) >= 11 is 0. The lowest BCUT2D eigenvalue weighted by atomic mass is 10.0. The number of aliphatic hydroxyl groups excluding tert-OH is 1. The molecule has 0 aliphatic carbocycles. The van der Waals surface area contributed by atoms with E-state index in [1.165, 1.54) is 0 Å². The van der Waals surface area contributed by atoms with Crippen molar-refractivity contribution in [2.75, 3.05) is 11.4 Å². The van der Waals surface area contributed by atoms with Gasteiger partial charge in [-0.15, -0.1) is 0 Å². The number of anilines is 1. The lowest BCUT2D eigenvalue weighted by molar-refractivity contribution is 0.199. The van der Waals surface area contributed by atoms with Crippen molar-refractivity contribution in [3.05, 3.63) is 59.4 Å². The number of aromatic nitrogens is 1. The molecule has 1 N–H and O–H groups in total. The van der Waals surface area contributed by atoms with Gasteiger partial charge in [0.25, 0.3) is 0 Å². The summed E-state index contributed by atoms with van der Waals surface area (Å²) in [6.07, 6.45) is 1.19. The van der Waals surface area contributed by atoms with Crippen molar-refractivity contribution in [3.63, 3.8) is 0 Å². The second-order valence-electron chi connectivity index (χ2n) is 4.90. The Labute approximate surface area is 125 Å². The van der Waals surface area contributed by atoms with E-state index >= 15 is 0 Å². The zero-order chi connectivity index (χ0) is 15.2. The molecule has 1 heterocycles. The number of hydrogen-bond acceptors (Lipinski definition) is 4. The summed E-state index contributed by atoms with van der Waals surface area (Å²) in [7, 11) is 0. The summed E-state index contributed by atoms with van der Waals surface area (Å²) < 4.78 is 0. The van der Waals surface area contributed by atoms with Gasteiger partial charge in [0.15, 0.2) is 0 Å². The molecule has 1 aromatic carbocycles. The molecule has 0 bridgehead atoms. The van der Waals surface area contributed by atoms with Crippen LogP contribution < -0.4 is 4.90 Å². The van der Waals surface area contributed by atoms with Crippen molar-refractivity contribution in [3.8, 4) is 6.07 Å². The van der Waals surface area contributed by atoms with Gasteiger partial charge in [0, 0.05) is 24.0 Å². The standard InChI is InChI=1S/C17H19N3O/c1-3-20(12-15-6-4-5-9-19-15)17-10-14(11-18)7-8-16(17)13(2)21/h4-10,13,21H,3,12H2,1-2H3. The highest BCUT2D eigenvalue weighted by Crippen LogP contribution is 2.28. The molecule has 0 saturated heterocycles. The molecule has 0 saturated carbocycles. The van der Waals surface area contributed by atoms with Crippen LogP contribution >= 0.6 is 0 Å². The molecule has 4 heteroatoms. The number of rotatable bonds is 5. The van der Waals surface area contributed by atoms with Gasteiger partial charge < -0.3 is 10.0 Å². The van der Waals surface area contributed by atoms with Gasteiger partial charge in [-0.05, 0) is 38.1 Å². The van der Waals surface area contributed by atoms with Gasteiger partial charge >= 0.3 is 0 Å². The number of aliphatic hydroxyl groups is 1. The molecular weight excluding hydrogens is 262 g/mol. The third-order valence-electron chi connectivity index (χ3n) is 3.41. The monoisotopic (exact) mass is 281 g/mol. The summed E-state index contributed by atoms with van der Waals surface area (Å²) in [5, 5.41) is 19.0. The van der Waals surface area contributed by atoms with Gasteiger partial charge in [0.1, 0.15) is 0 Å². The Bertz CT molecular complexity index is 632. The van der Waals surface area contributed by atoms with Crippen LogP contribution in [0.1, 0.15) is 36.8 Å². The SMILES string of the molecule is CCN(Cc1ccccn1)c1cc(C#N)ccc1C(C)O.